The van der Waals surface area contributed by atoms with Crippen LogP contribution in [0.2, 0.25) is 0 Å². The molecule has 23 heavy (non-hydrogen) atoms. The number of allylic oxidation sites excluding steroid dienone is 2. The van der Waals surface area contributed by atoms with Gasteiger partial charge in [-0.05, 0) is 74.3 Å². The van der Waals surface area contributed by atoms with Gasteiger partial charge in [-0.1, -0.05) is 50.1 Å². The maximum atomic E-state index is 8.60. The number of rotatable bonds is 8. The fourth-order valence-electron chi connectivity index (χ4n) is 3.67. The van der Waals surface area contributed by atoms with Crippen LogP contribution in [0.4, 0.5) is 0 Å². The first-order valence-corrected chi connectivity index (χ1v) is 9.46. The Morgan fingerprint density at radius 3 is 2.26 bits per heavy atom. The van der Waals surface area contributed by atoms with E-state index in [2.05, 4.69) is 43.3 Å². The van der Waals surface area contributed by atoms with Crippen molar-refractivity contribution in [1.29, 1.82) is 5.26 Å². The van der Waals surface area contributed by atoms with E-state index in [1.807, 2.05) is 0 Å². The van der Waals surface area contributed by atoms with Crippen molar-refractivity contribution in [3.05, 3.63) is 47.5 Å². The van der Waals surface area contributed by atoms with Gasteiger partial charge in [0.25, 0.3) is 0 Å². The number of nitriles is 1. The average molecular weight is 309 g/mol. The molecule has 0 N–H and O–H groups in total. The van der Waals surface area contributed by atoms with E-state index in [1.165, 1.54) is 75.3 Å². The highest BCUT2D eigenvalue weighted by atomic mass is 14.3. The molecule has 1 aromatic rings. The van der Waals surface area contributed by atoms with Crippen LogP contribution in [0.3, 0.4) is 0 Å². The van der Waals surface area contributed by atoms with Crippen LogP contribution in [0, 0.1) is 23.2 Å². The van der Waals surface area contributed by atoms with Crippen LogP contribution in [0.25, 0.3) is 0 Å². The zero-order chi connectivity index (χ0) is 16.3. The highest BCUT2D eigenvalue weighted by Gasteiger charge is 2.19. The van der Waals surface area contributed by atoms with Gasteiger partial charge in [0.05, 0.1) is 6.07 Å². The highest BCUT2D eigenvalue weighted by molar-refractivity contribution is 5.22. The largest absolute Gasteiger partial charge is 0.193 e. The zero-order valence-corrected chi connectivity index (χ0v) is 14.6. The summed E-state index contributed by atoms with van der Waals surface area (Å²) in [5, 5.41) is 8.60. The van der Waals surface area contributed by atoms with Crippen molar-refractivity contribution in [1.82, 2.24) is 0 Å². The summed E-state index contributed by atoms with van der Waals surface area (Å²) in [4.78, 5) is 0. The van der Waals surface area contributed by atoms with Crippen molar-refractivity contribution in [2.45, 2.75) is 71.1 Å². The Hall–Kier alpha value is -1.55. The van der Waals surface area contributed by atoms with Gasteiger partial charge in [0.2, 0.25) is 0 Å². The van der Waals surface area contributed by atoms with E-state index in [1.54, 1.807) is 6.08 Å². The number of nitrogens with zero attached hydrogens (tertiary/aromatic N) is 1. The minimum Gasteiger partial charge on any atom is -0.193 e. The van der Waals surface area contributed by atoms with Gasteiger partial charge in [0.1, 0.15) is 0 Å². The first kappa shape index (κ1) is 17.8. The molecule has 0 radical (unpaired) electrons. The quantitative estimate of drug-likeness (QED) is 0.412. The molecule has 0 amide bonds. The molecule has 1 nitrogen and oxygen atoms in total. The lowest BCUT2D eigenvalue weighted by Gasteiger charge is -2.26. The van der Waals surface area contributed by atoms with Crippen LogP contribution in [0.1, 0.15) is 69.4 Å². The van der Waals surface area contributed by atoms with E-state index >= 15 is 0 Å². The van der Waals surface area contributed by atoms with Crippen molar-refractivity contribution >= 4 is 0 Å². The molecule has 1 aliphatic carbocycles. The smallest absolute Gasteiger partial charge is 0.0908 e. The van der Waals surface area contributed by atoms with Crippen LogP contribution in [0.5, 0.6) is 0 Å². The number of aryl methyl sites for hydroxylation is 2. The van der Waals surface area contributed by atoms with Crippen LogP contribution in [0.15, 0.2) is 36.4 Å². The number of hydrogen-bond donors (Lipinski definition) is 0. The molecule has 0 aromatic heterocycles. The van der Waals surface area contributed by atoms with Crippen LogP contribution >= 0.6 is 0 Å². The molecule has 1 aliphatic rings. The predicted molar refractivity (Wildman–Crippen MR) is 98.2 cm³/mol. The van der Waals surface area contributed by atoms with Crippen LogP contribution in [-0.4, -0.2) is 0 Å². The molecule has 1 fully saturated rings. The molecule has 1 heteroatoms. The summed E-state index contributed by atoms with van der Waals surface area (Å²) in [6, 6.07) is 11.4. The summed E-state index contributed by atoms with van der Waals surface area (Å²) in [5.41, 5.74) is 2.99. The van der Waals surface area contributed by atoms with Crippen LogP contribution in [-0.2, 0) is 12.8 Å². The van der Waals surface area contributed by atoms with E-state index in [4.69, 9.17) is 5.26 Å². The molecule has 1 aromatic carbocycles. The van der Waals surface area contributed by atoms with Gasteiger partial charge in [-0.25, -0.2) is 0 Å². The number of hydrogen-bond acceptors (Lipinski definition) is 1. The number of benzene rings is 1. The third kappa shape index (κ3) is 6.61. The maximum absolute atomic E-state index is 8.60. The lowest BCUT2D eigenvalue weighted by Crippen LogP contribution is -2.13. The van der Waals surface area contributed by atoms with Gasteiger partial charge < -0.3 is 0 Å². The molecule has 1 saturated carbocycles. The predicted octanol–water partition coefficient (Wildman–Crippen LogP) is 6.24. The molecular weight excluding hydrogens is 278 g/mol. The zero-order valence-electron chi connectivity index (χ0n) is 14.6. The van der Waals surface area contributed by atoms with E-state index in [9.17, 15) is 0 Å². The number of unbranched alkanes of at least 4 members (excludes halogenated alkanes) is 2. The molecule has 0 saturated heterocycles. The minimum atomic E-state index is 0.647. The summed E-state index contributed by atoms with van der Waals surface area (Å²) in [7, 11) is 0. The third-order valence-corrected chi connectivity index (χ3v) is 5.27. The van der Waals surface area contributed by atoms with Crippen molar-refractivity contribution in [2.75, 3.05) is 0 Å². The van der Waals surface area contributed by atoms with Crippen molar-refractivity contribution < 1.29 is 0 Å². The summed E-state index contributed by atoms with van der Waals surface area (Å²) in [6.45, 7) is 2.26. The minimum absolute atomic E-state index is 0.647. The second-order valence-electron chi connectivity index (χ2n) is 7.08. The molecule has 0 atom stereocenters. The second-order valence-corrected chi connectivity index (χ2v) is 7.08. The summed E-state index contributed by atoms with van der Waals surface area (Å²) in [5.74, 6) is 1.53. The Bertz CT molecular complexity index is 498. The van der Waals surface area contributed by atoms with Gasteiger partial charge in [-0.15, -0.1) is 0 Å². The van der Waals surface area contributed by atoms with Gasteiger partial charge in [-0.3, -0.25) is 0 Å². The van der Waals surface area contributed by atoms with Gasteiger partial charge in [0.15, 0.2) is 0 Å². The fraction of sp³-hybridized carbons (Fsp3) is 0.591. The Labute approximate surface area is 142 Å². The molecule has 0 heterocycles. The maximum Gasteiger partial charge on any atom is 0.0908 e. The Morgan fingerprint density at radius 1 is 1.00 bits per heavy atom. The molecule has 0 bridgehead atoms. The molecule has 0 unspecified atom stereocenters. The molecule has 124 valence electrons. The standard InChI is InChI=1S/C22H31N/c1-2-3-4-6-19-8-12-21(13-9-19)16-17-22-14-10-20(11-15-22)7-5-18-23/h5,7-9,12-13,20,22H,2-4,6,10-11,14-17H2,1H3/b7-5+/t20-,22-. The first-order valence-electron chi connectivity index (χ1n) is 9.46. The normalized spacial score (nSPS) is 21.4. The Kier molecular flexibility index (Phi) is 7.95. The summed E-state index contributed by atoms with van der Waals surface area (Å²) >= 11 is 0. The lowest BCUT2D eigenvalue weighted by atomic mass is 9.79. The second kappa shape index (κ2) is 10.3. The highest BCUT2D eigenvalue weighted by Crippen LogP contribution is 2.32. The van der Waals surface area contributed by atoms with Crippen LogP contribution < -0.4 is 0 Å². The van der Waals surface area contributed by atoms with Crippen molar-refractivity contribution in [2.24, 2.45) is 11.8 Å². The van der Waals surface area contributed by atoms with E-state index < -0.39 is 0 Å². The van der Waals surface area contributed by atoms with Crippen molar-refractivity contribution in [3.63, 3.8) is 0 Å². The summed E-state index contributed by atoms with van der Waals surface area (Å²) < 4.78 is 0. The average Bonchev–Trinajstić information content (AvgIpc) is 2.60. The van der Waals surface area contributed by atoms with Crippen molar-refractivity contribution in [3.8, 4) is 6.07 Å². The summed E-state index contributed by atoms with van der Waals surface area (Å²) in [6.07, 6.45) is 16.7. The fourth-order valence-corrected chi connectivity index (χ4v) is 3.67. The Morgan fingerprint density at radius 2 is 1.65 bits per heavy atom. The van der Waals surface area contributed by atoms with E-state index in [0.29, 0.717) is 5.92 Å². The van der Waals surface area contributed by atoms with E-state index in [-0.39, 0.29) is 0 Å². The molecule has 0 aliphatic heterocycles. The first-order chi connectivity index (χ1) is 11.3. The molecular formula is C22H31N. The molecule has 2 rings (SSSR count). The van der Waals surface area contributed by atoms with Gasteiger partial charge in [0, 0.05) is 6.08 Å². The molecule has 0 spiro atoms. The Balaban J connectivity index is 1.68. The topological polar surface area (TPSA) is 23.8 Å². The monoisotopic (exact) mass is 309 g/mol. The lowest BCUT2D eigenvalue weighted by molar-refractivity contribution is 0.296. The SMILES string of the molecule is CCCCCc1ccc(CC[C@H]2CC[C@H](/C=C/C#N)CC2)cc1. The van der Waals surface area contributed by atoms with Gasteiger partial charge in [-0.2, -0.15) is 5.26 Å². The third-order valence-electron chi connectivity index (χ3n) is 5.27. The van der Waals surface area contributed by atoms with E-state index in [0.717, 1.165) is 5.92 Å². The van der Waals surface area contributed by atoms with Gasteiger partial charge >= 0.3 is 0 Å².